The Morgan fingerprint density at radius 1 is 1.33 bits per heavy atom. The average molecular weight is 334 g/mol. The number of anilines is 1. The number of amides is 1. The van der Waals surface area contributed by atoms with Gasteiger partial charge in [0.25, 0.3) is 5.91 Å². The third-order valence-electron chi connectivity index (χ3n) is 4.28. The summed E-state index contributed by atoms with van der Waals surface area (Å²) in [6, 6.07) is 0. The molecule has 0 aliphatic carbocycles. The van der Waals surface area contributed by atoms with E-state index in [-0.39, 0.29) is 12.0 Å². The number of hydrogen-bond acceptors (Lipinski definition) is 6. The normalized spacial score (nSPS) is 21.4. The van der Waals surface area contributed by atoms with E-state index in [0.29, 0.717) is 38.1 Å². The second-order valence-corrected chi connectivity index (χ2v) is 6.73. The van der Waals surface area contributed by atoms with E-state index < -0.39 is 0 Å². The van der Waals surface area contributed by atoms with Crippen molar-refractivity contribution in [2.75, 3.05) is 44.3 Å². The van der Waals surface area contributed by atoms with Crippen molar-refractivity contribution in [2.24, 2.45) is 5.92 Å². The quantitative estimate of drug-likeness (QED) is 0.809. The molecule has 24 heavy (non-hydrogen) atoms. The van der Waals surface area contributed by atoms with E-state index in [1.165, 1.54) is 0 Å². The molecule has 3 heterocycles. The van der Waals surface area contributed by atoms with E-state index in [0.717, 1.165) is 31.7 Å². The lowest BCUT2D eigenvalue weighted by Crippen LogP contribution is -2.51. The summed E-state index contributed by atoms with van der Waals surface area (Å²) in [6.45, 7) is 8.41. The highest BCUT2D eigenvalue weighted by molar-refractivity contribution is 5.81. The van der Waals surface area contributed by atoms with Crippen molar-refractivity contribution in [3.8, 4) is 5.88 Å². The third kappa shape index (κ3) is 4.14. The first-order valence-electron chi connectivity index (χ1n) is 8.73. The van der Waals surface area contributed by atoms with Crippen molar-refractivity contribution >= 4 is 11.7 Å². The van der Waals surface area contributed by atoms with Crippen molar-refractivity contribution in [3.63, 3.8) is 0 Å². The van der Waals surface area contributed by atoms with Crippen LogP contribution in [0, 0.1) is 5.92 Å². The predicted octanol–water partition coefficient (Wildman–Crippen LogP) is 1.34. The van der Waals surface area contributed by atoms with Crippen molar-refractivity contribution in [3.05, 3.63) is 12.4 Å². The third-order valence-corrected chi connectivity index (χ3v) is 4.28. The van der Waals surface area contributed by atoms with E-state index in [1.807, 2.05) is 4.90 Å². The van der Waals surface area contributed by atoms with Gasteiger partial charge in [0.1, 0.15) is 6.10 Å². The molecule has 0 unspecified atom stereocenters. The fraction of sp³-hybridized carbons (Fsp3) is 0.706. The Kier molecular flexibility index (Phi) is 5.50. The first-order chi connectivity index (χ1) is 11.6. The first kappa shape index (κ1) is 17.0. The Morgan fingerprint density at radius 3 is 2.79 bits per heavy atom. The molecular formula is C17H26N4O3. The molecule has 1 amide bonds. The minimum absolute atomic E-state index is 0.132. The Morgan fingerprint density at radius 2 is 2.12 bits per heavy atom. The van der Waals surface area contributed by atoms with Crippen molar-refractivity contribution < 1.29 is 14.3 Å². The molecule has 2 fully saturated rings. The lowest BCUT2D eigenvalue weighted by atomic mass is 10.2. The molecule has 7 heteroatoms. The molecule has 0 N–H and O–H groups in total. The lowest BCUT2D eigenvalue weighted by molar-refractivity contribution is -0.141. The smallest absolute Gasteiger partial charge is 0.251 e. The molecule has 132 valence electrons. The van der Waals surface area contributed by atoms with Gasteiger partial charge in [-0.2, -0.15) is 4.98 Å². The highest BCUT2D eigenvalue weighted by Crippen LogP contribution is 2.19. The lowest BCUT2D eigenvalue weighted by Gasteiger charge is -2.36. The van der Waals surface area contributed by atoms with Crippen LogP contribution in [0.15, 0.2) is 12.4 Å². The van der Waals surface area contributed by atoms with E-state index in [2.05, 4.69) is 28.7 Å². The van der Waals surface area contributed by atoms with E-state index in [1.54, 1.807) is 12.4 Å². The summed E-state index contributed by atoms with van der Waals surface area (Å²) in [5.41, 5.74) is 0. The number of hydrogen-bond donors (Lipinski definition) is 0. The zero-order chi connectivity index (χ0) is 16.9. The van der Waals surface area contributed by atoms with Gasteiger partial charge in [0, 0.05) is 32.8 Å². The summed E-state index contributed by atoms with van der Waals surface area (Å²) >= 11 is 0. The zero-order valence-electron chi connectivity index (χ0n) is 14.5. The molecule has 1 aromatic heterocycles. The standard InChI is InChI=1S/C17H26N4O3/c1-13(2)12-24-16-11-18-10-15(19-16)20-5-7-21(8-6-20)17(22)14-4-3-9-23-14/h10-11,13-14H,3-9,12H2,1-2H3/t14-/m1/s1. The molecule has 0 spiro atoms. The van der Waals surface area contributed by atoms with Gasteiger partial charge in [-0.25, -0.2) is 0 Å². The van der Waals surface area contributed by atoms with Gasteiger partial charge in [0.2, 0.25) is 5.88 Å². The highest BCUT2D eigenvalue weighted by atomic mass is 16.5. The predicted molar refractivity (Wildman–Crippen MR) is 90.1 cm³/mol. The number of carbonyl (C=O) groups excluding carboxylic acids is 1. The monoisotopic (exact) mass is 334 g/mol. The fourth-order valence-electron chi connectivity index (χ4n) is 2.94. The number of aromatic nitrogens is 2. The second kappa shape index (κ2) is 7.79. The first-order valence-corrected chi connectivity index (χ1v) is 8.73. The SMILES string of the molecule is CC(C)COc1cncc(N2CCN(C(=O)[C@H]3CCCO3)CC2)n1. The van der Waals surface area contributed by atoms with Gasteiger partial charge in [-0.05, 0) is 18.8 Å². The molecule has 1 atom stereocenters. The van der Waals surface area contributed by atoms with Crippen LogP contribution in [0.1, 0.15) is 26.7 Å². The molecule has 2 saturated heterocycles. The molecule has 3 rings (SSSR count). The van der Waals surface area contributed by atoms with Gasteiger partial charge in [0.15, 0.2) is 5.82 Å². The van der Waals surface area contributed by atoms with Crippen LogP contribution in [0.3, 0.4) is 0 Å². The number of ether oxygens (including phenoxy) is 2. The van der Waals surface area contributed by atoms with E-state index in [9.17, 15) is 4.79 Å². The van der Waals surface area contributed by atoms with E-state index >= 15 is 0 Å². The topological polar surface area (TPSA) is 67.8 Å². The van der Waals surface area contributed by atoms with Crippen molar-refractivity contribution in [1.29, 1.82) is 0 Å². The summed E-state index contributed by atoms with van der Waals surface area (Å²) < 4.78 is 11.1. The van der Waals surface area contributed by atoms with Gasteiger partial charge in [0.05, 0.1) is 19.0 Å². The molecule has 1 aromatic rings. The fourth-order valence-corrected chi connectivity index (χ4v) is 2.94. The molecule has 2 aliphatic rings. The minimum atomic E-state index is -0.232. The van der Waals surface area contributed by atoms with Crippen LogP contribution >= 0.6 is 0 Å². The van der Waals surface area contributed by atoms with Gasteiger partial charge in [-0.3, -0.25) is 9.78 Å². The molecule has 0 aromatic carbocycles. The minimum Gasteiger partial charge on any atom is -0.476 e. The van der Waals surface area contributed by atoms with Gasteiger partial charge in [-0.15, -0.1) is 0 Å². The Bertz CT molecular complexity index is 553. The molecule has 7 nitrogen and oxygen atoms in total. The summed E-state index contributed by atoms with van der Waals surface area (Å²) in [7, 11) is 0. The summed E-state index contributed by atoms with van der Waals surface area (Å²) in [5.74, 6) is 1.94. The number of carbonyl (C=O) groups is 1. The summed E-state index contributed by atoms with van der Waals surface area (Å²) in [6.07, 6.45) is 4.99. The molecule has 0 saturated carbocycles. The maximum absolute atomic E-state index is 12.4. The molecular weight excluding hydrogens is 308 g/mol. The van der Waals surface area contributed by atoms with Crippen LogP contribution in [0.4, 0.5) is 5.82 Å². The van der Waals surface area contributed by atoms with Crippen molar-refractivity contribution in [1.82, 2.24) is 14.9 Å². The Labute approximate surface area is 143 Å². The zero-order valence-corrected chi connectivity index (χ0v) is 14.5. The Balaban J connectivity index is 1.54. The van der Waals surface area contributed by atoms with E-state index in [4.69, 9.17) is 9.47 Å². The maximum Gasteiger partial charge on any atom is 0.251 e. The van der Waals surface area contributed by atoms with Gasteiger partial charge >= 0.3 is 0 Å². The van der Waals surface area contributed by atoms with Crippen molar-refractivity contribution in [2.45, 2.75) is 32.8 Å². The molecule has 0 bridgehead atoms. The summed E-state index contributed by atoms with van der Waals surface area (Å²) in [5, 5.41) is 0. The molecule has 2 aliphatic heterocycles. The van der Waals surface area contributed by atoms with Crippen LogP contribution in [-0.2, 0) is 9.53 Å². The van der Waals surface area contributed by atoms with Gasteiger partial charge in [-0.1, -0.05) is 13.8 Å². The Hall–Kier alpha value is -1.89. The highest BCUT2D eigenvalue weighted by Gasteiger charge is 2.30. The summed E-state index contributed by atoms with van der Waals surface area (Å²) in [4.78, 5) is 25.2. The number of rotatable bonds is 5. The second-order valence-electron chi connectivity index (χ2n) is 6.73. The van der Waals surface area contributed by atoms with Crippen LogP contribution < -0.4 is 9.64 Å². The van der Waals surface area contributed by atoms with Crippen LogP contribution in [-0.4, -0.2) is 66.3 Å². The maximum atomic E-state index is 12.4. The number of nitrogens with zero attached hydrogens (tertiary/aromatic N) is 4. The van der Waals surface area contributed by atoms with Crippen LogP contribution in [0.5, 0.6) is 5.88 Å². The van der Waals surface area contributed by atoms with Crippen LogP contribution in [0.2, 0.25) is 0 Å². The molecule has 0 radical (unpaired) electrons. The number of piperazine rings is 1. The largest absolute Gasteiger partial charge is 0.476 e. The van der Waals surface area contributed by atoms with Gasteiger partial charge < -0.3 is 19.3 Å². The van der Waals surface area contributed by atoms with Crippen LogP contribution in [0.25, 0.3) is 0 Å². The average Bonchev–Trinajstić information content (AvgIpc) is 3.14.